The van der Waals surface area contributed by atoms with Gasteiger partial charge in [-0.05, 0) is 98.8 Å². The van der Waals surface area contributed by atoms with Crippen molar-refractivity contribution in [3.63, 3.8) is 0 Å². The fourth-order valence-electron chi connectivity index (χ4n) is 10.6. The summed E-state index contributed by atoms with van der Waals surface area (Å²) < 4.78 is 7.15. The molecule has 13 rings (SSSR count). The molecule has 71 heavy (non-hydrogen) atoms. The first-order valence-electron chi connectivity index (χ1n) is 24.3. The normalized spacial score (nSPS) is 11.4. The molecule has 13 aromatic rings. The van der Waals surface area contributed by atoms with Gasteiger partial charge in [0.05, 0.1) is 33.8 Å². The number of furan rings is 1. The van der Waals surface area contributed by atoms with E-state index >= 15 is 0 Å². The average molecular weight is 907 g/mol. The smallest absolute Gasteiger partial charge is 0.143 e. The van der Waals surface area contributed by atoms with Crippen LogP contribution in [0.15, 0.2) is 283 Å². The predicted molar refractivity (Wildman–Crippen MR) is 300 cm³/mol. The molecule has 0 spiro atoms. The minimum absolute atomic E-state index is 0.804. The van der Waals surface area contributed by atoms with Crippen molar-refractivity contribution in [2.45, 2.75) is 0 Å². The van der Waals surface area contributed by atoms with Gasteiger partial charge in [-0.1, -0.05) is 224 Å². The maximum Gasteiger partial charge on any atom is 0.143 e. The Labute approximate surface area is 413 Å². The van der Waals surface area contributed by atoms with Gasteiger partial charge in [0.1, 0.15) is 11.2 Å². The maximum atomic E-state index is 7.15. The van der Waals surface area contributed by atoms with E-state index in [2.05, 4.69) is 289 Å². The number of hydrogen-bond donors (Lipinski definition) is 0. The van der Waals surface area contributed by atoms with Crippen LogP contribution in [0.5, 0.6) is 0 Å². The quantitative estimate of drug-likeness (QED) is 0.136. The second-order valence-corrected chi connectivity index (χ2v) is 18.0. The van der Waals surface area contributed by atoms with Crippen molar-refractivity contribution in [2.24, 2.45) is 0 Å². The summed E-state index contributed by atoms with van der Waals surface area (Å²) in [6, 6.07) is 101. The first kappa shape index (κ1) is 41.7. The van der Waals surface area contributed by atoms with Crippen molar-refractivity contribution < 1.29 is 4.42 Å². The lowest BCUT2D eigenvalue weighted by molar-refractivity contribution is 0.672. The lowest BCUT2D eigenvalue weighted by atomic mass is 9.94. The Morgan fingerprint density at radius 1 is 0.268 bits per heavy atom. The highest BCUT2D eigenvalue weighted by Crippen LogP contribution is 2.55. The van der Waals surface area contributed by atoms with Gasteiger partial charge in [0.2, 0.25) is 0 Å². The summed E-state index contributed by atoms with van der Waals surface area (Å²) in [6.45, 7) is 0. The molecule has 0 aliphatic carbocycles. The van der Waals surface area contributed by atoms with E-state index in [1.807, 2.05) is 0 Å². The van der Waals surface area contributed by atoms with Crippen LogP contribution in [0.25, 0.3) is 88.0 Å². The average Bonchev–Trinajstić information content (AvgIpc) is 3.85. The summed E-state index contributed by atoms with van der Waals surface area (Å²) in [6.07, 6.45) is 0. The zero-order valence-electron chi connectivity index (χ0n) is 38.9. The number of fused-ring (bicyclic) bond motifs is 6. The van der Waals surface area contributed by atoms with Crippen LogP contribution in [0.3, 0.4) is 0 Å². The standard InChI is InChI=1S/C68H46N2O/c1-6-22-47(23-7-1)52-39-42-63(60(46-52)50-28-12-4-13-29-50)69(53-31-14-5-15-32-53)67-64(44-45-65-66(67)59-40-38-51-30-16-17-34-56(51)68(59)71-65)70(61-37-21-20-33-55(61)49-26-10-3-11-27-49)62-43-41-54(48-24-8-2-9-25-48)57-35-18-19-36-58(57)62/h1-46H. The van der Waals surface area contributed by atoms with Gasteiger partial charge in [0.25, 0.3) is 0 Å². The molecule has 1 aromatic heterocycles. The summed E-state index contributed by atoms with van der Waals surface area (Å²) >= 11 is 0. The first-order chi connectivity index (χ1) is 35.3. The van der Waals surface area contributed by atoms with Crippen LogP contribution in [0.2, 0.25) is 0 Å². The second kappa shape index (κ2) is 17.9. The molecule has 0 N–H and O–H groups in total. The van der Waals surface area contributed by atoms with E-state index in [-0.39, 0.29) is 0 Å². The molecule has 0 fully saturated rings. The van der Waals surface area contributed by atoms with E-state index in [4.69, 9.17) is 4.42 Å². The highest BCUT2D eigenvalue weighted by Gasteiger charge is 2.31. The van der Waals surface area contributed by atoms with Crippen LogP contribution in [-0.2, 0) is 0 Å². The zero-order chi connectivity index (χ0) is 47.1. The van der Waals surface area contributed by atoms with Crippen LogP contribution in [-0.4, -0.2) is 0 Å². The predicted octanol–water partition coefficient (Wildman–Crippen LogP) is 19.5. The van der Waals surface area contributed by atoms with Crippen LogP contribution in [0.1, 0.15) is 0 Å². The van der Waals surface area contributed by atoms with Gasteiger partial charge in [0.15, 0.2) is 0 Å². The number of nitrogens with zero attached hydrogens (tertiary/aromatic N) is 2. The molecule has 0 amide bonds. The van der Waals surface area contributed by atoms with Crippen molar-refractivity contribution in [1.29, 1.82) is 0 Å². The lowest BCUT2D eigenvalue weighted by Gasteiger charge is -2.36. The zero-order valence-corrected chi connectivity index (χ0v) is 38.9. The molecule has 0 radical (unpaired) electrons. The molecule has 12 aromatic carbocycles. The number of rotatable bonds is 10. The SMILES string of the molecule is c1ccc(-c2ccc(N(c3ccccc3)c3c(N(c4ccccc4-c4ccccc4)c4ccc(-c5ccccc5)c5ccccc45)ccc4oc5c6ccccc6ccc5c34)c(-c3ccccc3)c2)cc1. The molecule has 334 valence electrons. The molecule has 0 saturated heterocycles. The van der Waals surface area contributed by atoms with E-state index in [9.17, 15) is 0 Å². The summed E-state index contributed by atoms with van der Waals surface area (Å²) in [5, 5.41) is 6.57. The Morgan fingerprint density at radius 3 is 1.49 bits per heavy atom. The topological polar surface area (TPSA) is 19.6 Å². The van der Waals surface area contributed by atoms with E-state index in [0.717, 1.165) is 106 Å². The molecule has 0 unspecified atom stereocenters. The van der Waals surface area contributed by atoms with Crippen LogP contribution in [0, 0.1) is 0 Å². The number of benzene rings is 12. The van der Waals surface area contributed by atoms with Gasteiger partial charge >= 0.3 is 0 Å². The number of para-hydroxylation sites is 2. The largest absolute Gasteiger partial charge is 0.455 e. The second-order valence-electron chi connectivity index (χ2n) is 18.0. The van der Waals surface area contributed by atoms with Gasteiger partial charge < -0.3 is 14.2 Å². The van der Waals surface area contributed by atoms with Gasteiger partial charge in [-0.15, -0.1) is 0 Å². The minimum Gasteiger partial charge on any atom is -0.455 e. The summed E-state index contributed by atoms with van der Waals surface area (Å²) in [5.74, 6) is 0. The fraction of sp³-hybridized carbons (Fsp3) is 0. The van der Waals surface area contributed by atoms with Crippen molar-refractivity contribution in [3.05, 3.63) is 279 Å². The van der Waals surface area contributed by atoms with Gasteiger partial charge in [-0.2, -0.15) is 0 Å². The molecular formula is C68H46N2O. The summed E-state index contributed by atoms with van der Waals surface area (Å²) in [4.78, 5) is 4.99. The summed E-state index contributed by atoms with van der Waals surface area (Å²) in [5.41, 5.74) is 16.9. The van der Waals surface area contributed by atoms with E-state index in [1.54, 1.807) is 0 Å². The van der Waals surface area contributed by atoms with E-state index in [1.165, 1.54) is 16.5 Å². The monoisotopic (exact) mass is 906 g/mol. The third-order valence-corrected chi connectivity index (χ3v) is 13.8. The molecule has 0 aliphatic heterocycles. The Hall–Kier alpha value is -9.44. The number of anilines is 6. The van der Waals surface area contributed by atoms with Crippen molar-refractivity contribution in [2.75, 3.05) is 9.80 Å². The fourth-order valence-corrected chi connectivity index (χ4v) is 10.6. The lowest BCUT2D eigenvalue weighted by Crippen LogP contribution is -2.18. The number of hydrogen-bond acceptors (Lipinski definition) is 3. The van der Waals surface area contributed by atoms with Crippen molar-refractivity contribution in [3.8, 4) is 44.5 Å². The Morgan fingerprint density at radius 2 is 0.789 bits per heavy atom. The molecular weight excluding hydrogens is 861 g/mol. The first-order valence-corrected chi connectivity index (χ1v) is 24.3. The third kappa shape index (κ3) is 7.40. The molecule has 0 bridgehead atoms. The minimum atomic E-state index is 0.804. The van der Waals surface area contributed by atoms with E-state index in [0.29, 0.717) is 0 Å². The van der Waals surface area contributed by atoms with Crippen molar-refractivity contribution in [1.82, 2.24) is 0 Å². The molecule has 1 heterocycles. The van der Waals surface area contributed by atoms with Crippen molar-refractivity contribution >= 4 is 77.6 Å². The molecule has 0 saturated carbocycles. The van der Waals surface area contributed by atoms with Gasteiger partial charge in [0, 0.05) is 33.0 Å². The van der Waals surface area contributed by atoms with Crippen LogP contribution in [0.4, 0.5) is 34.1 Å². The highest BCUT2D eigenvalue weighted by molar-refractivity contribution is 6.23. The molecule has 3 heteroatoms. The molecule has 3 nitrogen and oxygen atoms in total. The molecule has 0 atom stereocenters. The summed E-state index contributed by atoms with van der Waals surface area (Å²) in [7, 11) is 0. The van der Waals surface area contributed by atoms with Crippen LogP contribution >= 0.6 is 0 Å². The van der Waals surface area contributed by atoms with Gasteiger partial charge in [-0.25, -0.2) is 0 Å². The Balaban J connectivity index is 1.20. The Bertz CT molecular complexity index is 4040. The maximum absolute atomic E-state index is 7.15. The Kier molecular flexibility index (Phi) is 10.5. The highest BCUT2D eigenvalue weighted by atomic mass is 16.3. The van der Waals surface area contributed by atoms with Gasteiger partial charge in [-0.3, -0.25) is 0 Å². The van der Waals surface area contributed by atoms with E-state index < -0.39 is 0 Å². The third-order valence-electron chi connectivity index (χ3n) is 13.8. The molecule has 0 aliphatic rings. The van der Waals surface area contributed by atoms with Crippen LogP contribution < -0.4 is 9.80 Å².